The van der Waals surface area contributed by atoms with Crippen LogP contribution in [0.25, 0.3) is 21.3 Å². The van der Waals surface area contributed by atoms with Crippen LogP contribution in [0.2, 0.25) is 0 Å². The zero-order chi connectivity index (χ0) is 22.3. The summed E-state index contributed by atoms with van der Waals surface area (Å²) in [6.45, 7) is 5.73. The molecule has 0 radical (unpaired) electrons. The average Bonchev–Trinajstić information content (AvgIpc) is 3.36. The molecular weight excluding hydrogens is 422 g/mol. The van der Waals surface area contributed by atoms with Crippen LogP contribution in [0, 0.1) is 0 Å². The standard InChI is InChI=1S/C29H33N3S/c1(4-11-24-12-5-3-6-13-24)2-9-18-31-19-21-32(22-20-31)27-16-8-7-14-25(27)26-15-10-17-28-29(26)30-23-33-28/h3,5-8,10,12-17,23H,1-2,4,9,11,18-22H2. The molecule has 0 unspecified atom stereocenters. The van der Waals surface area contributed by atoms with Crippen molar-refractivity contribution in [3.63, 3.8) is 0 Å². The Hall–Kier alpha value is -2.69. The zero-order valence-corrected chi connectivity index (χ0v) is 20.1. The summed E-state index contributed by atoms with van der Waals surface area (Å²) >= 11 is 1.72. The predicted octanol–water partition coefficient (Wildman–Crippen LogP) is 6.89. The van der Waals surface area contributed by atoms with E-state index in [0.717, 1.165) is 31.7 Å². The van der Waals surface area contributed by atoms with Crippen molar-refractivity contribution >= 4 is 27.2 Å². The number of hydrogen-bond acceptors (Lipinski definition) is 4. The molecule has 0 amide bonds. The minimum Gasteiger partial charge on any atom is -0.368 e. The summed E-state index contributed by atoms with van der Waals surface area (Å²) in [5, 5.41) is 0. The van der Waals surface area contributed by atoms with E-state index in [-0.39, 0.29) is 0 Å². The topological polar surface area (TPSA) is 19.4 Å². The van der Waals surface area contributed by atoms with Crippen LogP contribution in [-0.4, -0.2) is 42.6 Å². The van der Waals surface area contributed by atoms with E-state index in [0.29, 0.717) is 0 Å². The number of thiazole rings is 1. The highest BCUT2D eigenvalue weighted by Gasteiger charge is 2.20. The lowest BCUT2D eigenvalue weighted by Gasteiger charge is -2.37. The van der Waals surface area contributed by atoms with Gasteiger partial charge in [0.1, 0.15) is 0 Å². The van der Waals surface area contributed by atoms with Crippen LogP contribution in [0.1, 0.15) is 31.2 Å². The molecule has 3 aromatic carbocycles. The van der Waals surface area contributed by atoms with Gasteiger partial charge in [0.2, 0.25) is 0 Å². The predicted molar refractivity (Wildman–Crippen MR) is 142 cm³/mol. The highest BCUT2D eigenvalue weighted by atomic mass is 32.1. The molecule has 4 aromatic rings. The Bertz CT molecular complexity index is 1150. The number of nitrogens with zero attached hydrogens (tertiary/aromatic N) is 3. The molecule has 3 nitrogen and oxygen atoms in total. The second-order valence-electron chi connectivity index (χ2n) is 9.00. The van der Waals surface area contributed by atoms with Crippen molar-refractivity contribution in [1.82, 2.24) is 9.88 Å². The van der Waals surface area contributed by atoms with E-state index in [1.54, 1.807) is 11.3 Å². The van der Waals surface area contributed by atoms with Gasteiger partial charge >= 0.3 is 0 Å². The van der Waals surface area contributed by atoms with Crippen LogP contribution in [0.4, 0.5) is 5.69 Å². The van der Waals surface area contributed by atoms with E-state index in [1.165, 1.54) is 65.7 Å². The number of para-hydroxylation sites is 2. The van der Waals surface area contributed by atoms with Gasteiger partial charge in [0, 0.05) is 43.0 Å². The molecule has 170 valence electrons. The third kappa shape index (κ3) is 5.45. The van der Waals surface area contributed by atoms with Gasteiger partial charge in [0.15, 0.2) is 0 Å². The first-order valence-electron chi connectivity index (χ1n) is 12.3. The van der Waals surface area contributed by atoms with Crippen LogP contribution < -0.4 is 4.90 Å². The first-order valence-corrected chi connectivity index (χ1v) is 13.2. The van der Waals surface area contributed by atoms with Gasteiger partial charge in [0.05, 0.1) is 15.7 Å². The van der Waals surface area contributed by atoms with E-state index >= 15 is 0 Å². The number of aromatic nitrogens is 1. The van der Waals surface area contributed by atoms with Crippen molar-refractivity contribution in [1.29, 1.82) is 0 Å². The molecule has 2 heterocycles. The normalized spacial score (nSPS) is 14.7. The molecular formula is C29H33N3S. The maximum atomic E-state index is 4.66. The second-order valence-corrected chi connectivity index (χ2v) is 9.89. The largest absolute Gasteiger partial charge is 0.368 e. The molecule has 0 aliphatic carbocycles. The summed E-state index contributed by atoms with van der Waals surface area (Å²) in [6.07, 6.45) is 6.52. The van der Waals surface area contributed by atoms with Crippen molar-refractivity contribution in [3.8, 4) is 11.1 Å². The summed E-state index contributed by atoms with van der Waals surface area (Å²) in [7, 11) is 0. The Morgan fingerprint density at radius 2 is 1.45 bits per heavy atom. The summed E-state index contributed by atoms with van der Waals surface area (Å²) < 4.78 is 1.26. The van der Waals surface area contributed by atoms with Crippen LogP contribution >= 0.6 is 11.3 Å². The quantitative estimate of drug-likeness (QED) is 0.256. The fourth-order valence-corrected chi connectivity index (χ4v) is 5.66. The number of hydrogen-bond donors (Lipinski definition) is 0. The van der Waals surface area contributed by atoms with Crippen LogP contribution in [-0.2, 0) is 6.42 Å². The smallest absolute Gasteiger partial charge is 0.0891 e. The van der Waals surface area contributed by atoms with Crippen molar-refractivity contribution in [3.05, 3.63) is 83.9 Å². The lowest BCUT2D eigenvalue weighted by molar-refractivity contribution is 0.252. The molecule has 4 heteroatoms. The van der Waals surface area contributed by atoms with Crippen molar-refractivity contribution < 1.29 is 0 Å². The molecule has 0 saturated carbocycles. The Balaban J connectivity index is 1.11. The van der Waals surface area contributed by atoms with Crippen LogP contribution in [0.15, 0.2) is 78.3 Å². The maximum Gasteiger partial charge on any atom is 0.0891 e. The Labute approximate surface area is 201 Å². The summed E-state index contributed by atoms with van der Waals surface area (Å²) in [5.41, 5.74) is 8.46. The lowest BCUT2D eigenvalue weighted by atomic mass is 10.0. The van der Waals surface area contributed by atoms with Crippen molar-refractivity contribution in [2.24, 2.45) is 0 Å². The highest BCUT2D eigenvalue weighted by molar-refractivity contribution is 7.16. The Morgan fingerprint density at radius 1 is 0.697 bits per heavy atom. The number of fused-ring (bicyclic) bond motifs is 1. The van der Waals surface area contributed by atoms with Gasteiger partial charge in [-0.3, -0.25) is 4.90 Å². The number of benzene rings is 3. The van der Waals surface area contributed by atoms with E-state index in [2.05, 4.69) is 87.6 Å². The van der Waals surface area contributed by atoms with E-state index in [9.17, 15) is 0 Å². The molecule has 0 spiro atoms. The molecule has 33 heavy (non-hydrogen) atoms. The Kier molecular flexibility index (Phi) is 7.34. The SMILES string of the molecule is c1ccc(CCCCCCN2CCN(c3ccccc3-c3cccc4scnc34)CC2)cc1. The van der Waals surface area contributed by atoms with Gasteiger partial charge in [-0.25, -0.2) is 4.98 Å². The zero-order valence-electron chi connectivity index (χ0n) is 19.3. The molecule has 1 aromatic heterocycles. The average molecular weight is 456 g/mol. The minimum atomic E-state index is 1.10. The number of aryl methyl sites for hydroxylation is 1. The molecule has 1 aliphatic rings. The van der Waals surface area contributed by atoms with Crippen LogP contribution in [0.5, 0.6) is 0 Å². The van der Waals surface area contributed by atoms with Gasteiger partial charge in [-0.05, 0) is 43.5 Å². The lowest BCUT2D eigenvalue weighted by Crippen LogP contribution is -2.46. The van der Waals surface area contributed by atoms with E-state index < -0.39 is 0 Å². The minimum absolute atomic E-state index is 1.10. The van der Waals surface area contributed by atoms with Gasteiger partial charge < -0.3 is 4.90 Å². The first kappa shape index (κ1) is 22.1. The highest BCUT2D eigenvalue weighted by Crippen LogP contribution is 2.36. The molecule has 0 N–H and O–H groups in total. The second kappa shape index (κ2) is 11.0. The number of piperazine rings is 1. The Morgan fingerprint density at radius 3 is 2.33 bits per heavy atom. The summed E-state index contributed by atoms with van der Waals surface area (Å²) in [4.78, 5) is 9.87. The summed E-state index contributed by atoms with van der Waals surface area (Å²) in [5.74, 6) is 0. The van der Waals surface area contributed by atoms with Crippen LogP contribution in [0.3, 0.4) is 0 Å². The number of unbranched alkanes of at least 4 members (excludes halogenated alkanes) is 3. The monoisotopic (exact) mass is 455 g/mol. The first-order chi connectivity index (χ1) is 16.4. The third-order valence-electron chi connectivity index (χ3n) is 6.80. The van der Waals surface area contributed by atoms with Gasteiger partial charge in [-0.1, -0.05) is 73.5 Å². The van der Waals surface area contributed by atoms with Crippen molar-refractivity contribution in [2.75, 3.05) is 37.6 Å². The number of anilines is 1. The molecule has 5 rings (SSSR count). The fraction of sp³-hybridized carbons (Fsp3) is 0.345. The maximum absolute atomic E-state index is 4.66. The van der Waals surface area contributed by atoms with Gasteiger partial charge in [-0.15, -0.1) is 11.3 Å². The van der Waals surface area contributed by atoms with Gasteiger partial charge in [0.25, 0.3) is 0 Å². The third-order valence-corrected chi connectivity index (χ3v) is 7.59. The van der Waals surface area contributed by atoms with E-state index in [4.69, 9.17) is 0 Å². The molecule has 0 bridgehead atoms. The molecule has 0 atom stereocenters. The molecule has 1 saturated heterocycles. The fourth-order valence-electron chi connectivity index (χ4n) is 4.96. The van der Waals surface area contributed by atoms with E-state index in [1.807, 2.05) is 5.51 Å². The molecule has 1 fully saturated rings. The summed E-state index contributed by atoms with van der Waals surface area (Å²) in [6, 6.07) is 26.3. The van der Waals surface area contributed by atoms with Gasteiger partial charge in [-0.2, -0.15) is 0 Å². The number of rotatable bonds is 9. The molecule has 1 aliphatic heterocycles. The van der Waals surface area contributed by atoms with Crippen molar-refractivity contribution in [2.45, 2.75) is 32.1 Å².